The van der Waals surface area contributed by atoms with Crippen LogP contribution in [0, 0.1) is 0 Å². The van der Waals surface area contributed by atoms with Crippen molar-refractivity contribution in [2.75, 3.05) is 44.9 Å². The maximum atomic E-state index is 12.6. The molecule has 0 fully saturated rings. The first-order valence-corrected chi connectivity index (χ1v) is 10.6. The van der Waals surface area contributed by atoms with E-state index >= 15 is 0 Å². The van der Waals surface area contributed by atoms with Gasteiger partial charge in [0.25, 0.3) is 0 Å². The fourth-order valence-corrected chi connectivity index (χ4v) is 3.90. The predicted molar refractivity (Wildman–Crippen MR) is 115 cm³/mol. The zero-order valence-corrected chi connectivity index (χ0v) is 17.7. The SMILES string of the molecule is CN(C)CCN(C)S(=O)(=O)c1ccc(NC(=O)Nc2ccc3occ(O)c3c2)cc1. The van der Waals surface area contributed by atoms with Gasteiger partial charge in [-0.25, -0.2) is 13.2 Å². The van der Waals surface area contributed by atoms with Crippen molar-refractivity contribution < 1.29 is 22.7 Å². The maximum absolute atomic E-state index is 12.6. The first kappa shape index (κ1) is 21.6. The van der Waals surface area contributed by atoms with Crippen molar-refractivity contribution in [3.63, 3.8) is 0 Å². The highest BCUT2D eigenvalue weighted by Crippen LogP contribution is 2.29. The Morgan fingerprint density at radius 3 is 2.30 bits per heavy atom. The first-order chi connectivity index (χ1) is 14.2. The molecule has 0 atom stereocenters. The van der Waals surface area contributed by atoms with Gasteiger partial charge in [0.05, 0.1) is 10.3 Å². The van der Waals surface area contributed by atoms with Gasteiger partial charge in [0, 0.05) is 31.5 Å². The number of anilines is 2. The topological polar surface area (TPSA) is 115 Å². The van der Waals surface area contributed by atoms with E-state index in [1.165, 1.54) is 41.9 Å². The fraction of sp³-hybridized carbons (Fsp3) is 0.250. The van der Waals surface area contributed by atoms with Gasteiger partial charge in [0.2, 0.25) is 10.0 Å². The van der Waals surface area contributed by atoms with Crippen LogP contribution in [0.5, 0.6) is 5.75 Å². The zero-order valence-electron chi connectivity index (χ0n) is 16.9. The number of likely N-dealkylation sites (N-methyl/N-ethyl adjacent to an activating group) is 2. The second-order valence-electron chi connectivity index (χ2n) is 7.07. The molecule has 0 bridgehead atoms. The number of nitrogens with zero attached hydrogens (tertiary/aromatic N) is 2. The molecule has 3 aromatic rings. The van der Waals surface area contributed by atoms with E-state index in [4.69, 9.17) is 4.42 Å². The Morgan fingerprint density at radius 1 is 1.00 bits per heavy atom. The monoisotopic (exact) mass is 432 g/mol. The molecule has 1 aromatic heterocycles. The molecule has 3 rings (SSSR count). The molecule has 2 aromatic carbocycles. The standard InChI is InChI=1S/C20H24N4O5S/c1-23(2)10-11-24(3)30(27,28)16-7-4-14(5-8-16)21-20(26)22-15-6-9-19-17(12-15)18(25)13-29-19/h4-9,12-13,25H,10-11H2,1-3H3,(H2,21,22,26). The van der Waals surface area contributed by atoms with Gasteiger partial charge in [-0.15, -0.1) is 0 Å². The smallest absolute Gasteiger partial charge is 0.323 e. The highest BCUT2D eigenvalue weighted by Gasteiger charge is 2.20. The third-order valence-electron chi connectivity index (χ3n) is 4.49. The second-order valence-corrected chi connectivity index (χ2v) is 9.11. The van der Waals surface area contributed by atoms with Crippen molar-refractivity contribution in [1.29, 1.82) is 0 Å². The number of fused-ring (bicyclic) bond motifs is 1. The number of benzene rings is 2. The molecule has 0 saturated carbocycles. The van der Waals surface area contributed by atoms with Crippen molar-refractivity contribution in [2.45, 2.75) is 4.90 Å². The Labute approximate surface area is 174 Å². The van der Waals surface area contributed by atoms with Gasteiger partial charge in [0.1, 0.15) is 11.8 Å². The van der Waals surface area contributed by atoms with Gasteiger partial charge in [-0.05, 0) is 56.6 Å². The number of hydrogen-bond donors (Lipinski definition) is 3. The molecule has 0 aliphatic carbocycles. The van der Waals surface area contributed by atoms with Crippen molar-refractivity contribution in [1.82, 2.24) is 9.21 Å². The van der Waals surface area contributed by atoms with E-state index in [0.717, 1.165) is 0 Å². The molecule has 2 amide bonds. The average molecular weight is 433 g/mol. The number of furan rings is 1. The lowest BCUT2D eigenvalue weighted by molar-refractivity contribution is 0.262. The van der Waals surface area contributed by atoms with Gasteiger partial charge in [-0.1, -0.05) is 0 Å². The van der Waals surface area contributed by atoms with E-state index in [1.807, 2.05) is 19.0 Å². The van der Waals surface area contributed by atoms with Gasteiger partial charge in [-0.3, -0.25) is 0 Å². The van der Waals surface area contributed by atoms with E-state index in [2.05, 4.69) is 10.6 Å². The molecule has 30 heavy (non-hydrogen) atoms. The molecule has 0 saturated heterocycles. The minimum absolute atomic E-state index is 0.0126. The molecule has 160 valence electrons. The molecule has 0 radical (unpaired) electrons. The minimum atomic E-state index is -3.60. The highest BCUT2D eigenvalue weighted by molar-refractivity contribution is 7.89. The van der Waals surface area contributed by atoms with Crippen LogP contribution in [0.25, 0.3) is 11.0 Å². The molecule has 3 N–H and O–H groups in total. The number of carbonyl (C=O) groups excluding carboxylic acids is 1. The molecular weight excluding hydrogens is 408 g/mol. The Bertz CT molecular complexity index is 1140. The van der Waals surface area contributed by atoms with Crippen molar-refractivity contribution in [3.8, 4) is 5.75 Å². The maximum Gasteiger partial charge on any atom is 0.323 e. The molecule has 0 spiro atoms. The number of carbonyl (C=O) groups is 1. The van der Waals surface area contributed by atoms with Crippen LogP contribution in [0.4, 0.5) is 16.2 Å². The third-order valence-corrected chi connectivity index (χ3v) is 6.36. The van der Waals surface area contributed by atoms with E-state index in [9.17, 15) is 18.3 Å². The Kier molecular flexibility index (Phi) is 6.30. The summed E-state index contributed by atoms with van der Waals surface area (Å²) in [5.74, 6) is -0.0126. The van der Waals surface area contributed by atoms with Crippen LogP contribution < -0.4 is 10.6 Å². The fourth-order valence-electron chi connectivity index (χ4n) is 2.74. The lowest BCUT2D eigenvalue weighted by atomic mass is 10.2. The van der Waals surface area contributed by atoms with Crippen LogP contribution in [0.3, 0.4) is 0 Å². The summed E-state index contributed by atoms with van der Waals surface area (Å²) in [6.07, 6.45) is 1.22. The van der Waals surface area contributed by atoms with Crippen LogP contribution in [-0.4, -0.2) is 63.0 Å². The number of nitrogens with one attached hydrogen (secondary N) is 2. The highest BCUT2D eigenvalue weighted by atomic mass is 32.2. The average Bonchev–Trinajstić information content (AvgIpc) is 3.06. The van der Waals surface area contributed by atoms with Crippen LogP contribution in [-0.2, 0) is 10.0 Å². The van der Waals surface area contributed by atoms with E-state index in [-0.39, 0.29) is 10.6 Å². The Balaban J connectivity index is 1.64. The lowest BCUT2D eigenvalue weighted by Crippen LogP contribution is -2.33. The predicted octanol–water partition coefficient (Wildman–Crippen LogP) is 2.96. The van der Waals surface area contributed by atoms with Crippen LogP contribution >= 0.6 is 0 Å². The number of rotatable bonds is 7. The summed E-state index contributed by atoms with van der Waals surface area (Å²) in [6, 6.07) is 10.3. The largest absolute Gasteiger partial charge is 0.504 e. The summed E-state index contributed by atoms with van der Waals surface area (Å²) in [6.45, 7) is 0.978. The molecule has 10 heteroatoms. The molecule has 9 nitrogen and oxygen atoms in total. The molecule has 0 unspecified atom stereocenters. The Morgan fingerprint density at radius 2 is 1.63 bits per heavy atom. The van der Waals surface area contributed by atoms with Gasteiger partial charge >= 0.3 is 6.03 Å². The van der Waals surface area contributed by atoms with E-state index < -0.39 is 16.1 Å². The lowest BCUT2D eigenvalue weighted by Gasteiger charge is -2.19. The van der Waals surface area contributed by atoms with Crippen LogP contribution in [0.1, 0.15) is 0 Å². The summed E-state index contributed by atoms with van der Waals surface area (Å²) < 4.78 is 31.7. The number of hydrogen-bond acceptors (Lipinski definition) is 6. The molecule has 0 aliphatic rings. The summed E-state index contributed by atoms with van der Waals surface area (Å²) in [5.41, 5.74) is 1.42. The molecular formula is C20H24N4O5S. The quantitative estimate of drug-likeness (QED) is 0.529. The van der Waals surface area contributed by atoms with Crippen LogP contribution in [0.15, 0.2) is 58.0 Å². The van der Waals surface area contributed by atoms with E-state index in [1.54, 1.807) is 18.2 Å². The summed E-state index contributed by atoms with van der Waals surface area (Å²) in [5, 5.41) is 15.5. The normalized spacial score (nSPS) is 11.9. The second kappa shape index (κ2) is 8.74. The first-order valence-electron chi connectivity index (χ1n) is 9.16. The number of sulfonamides is 1. The molecule has 0 aliphatic heterocycles. The summed E-state index contributed by atoms with van der Waals surface area (Å²) in [4.78, 5) is 14.3. The number of urea groups is 1. The van der Waals surface area contributed by atoms with Gasteiger partial charge in [0.15, 0.2) is 5.75 Å². The number of amides is 2. The van der Waals surface area contributed by atoms with Crippen molar-refractivity contribution in [2.24, 2.45) is 0 Å². The third kappa shape index (κ3) is 4.90. The van der Waals surface area contributed by atoms with Crippen LogP contribution in [0.2, 0.25) is 0 Å². The Hall–Kier alpha value is -3.08. The molecule has 1 heterocycles. The summed E-state index contributed by atoms with van der Waals surface area (Å²) >= 11 is 0. The summed E-state index contributed by atoms with van der Waals surface area (Å²) in [7, 11) is 1.69. The van der Waals surface area contributed by atoms with Crippen molar-refractivity contribution in [3.05, 3.63) is 48.7 Å². The van der Waals surface area contributed by atoms with Gasteiger partial charge in [-0.2, -0.15) is 4.31 Å². The van der Waals surface area contributed by atoms with Gasteiger partial charge < -0.3 is 25.1 Å². The van der Waals surface area contributed by atoms with E-state index in [0.29, 0.717) is 35.4 Å². The zero-order chi connectivity index (χ0) is 21.9. The number of aromatic hydroxyl groups is 1. The van der Waals surface area contributed by atoms with Crippen molar-refractivity contribution >= 4 is 38.4 Å². The minimum Gasteiger partial charge on any atom is -0.504 e.